The first-order valence-electron chi connectivity index (χ1n) is 4.50. The van der Waals surface area contributed by atoms with E-state index in [9.17, 15) is 4.79 Å². The van der Waals surface area contributed by atoms with E-state index in [1.54, 1.807) is 0 Å². The van der Waals surface area contributed by atoms with E-state index in [0.717, 1.165) is 26.2 Å². The van der Waals surface area contributed by atoms with Crippen molar-refractivity contribution >= 4 is 6.29 Å². The predicted molar refractivity (Wildman–Crippen MR) is 48.8 cm³/mol. The fraction of sp³-hybridized carbons (Fsp3) is 0.889. The van der Waals surface area contributed by atoms with E-state index in [4.69, 9.17) is 10.8 Å². The minimum atomic E-state index is -0.194. The fourth-order valence-corrected chi connectivity index (χ4v) is 1.63. The van der Waals surface area contributed by atoms with Gasteiger partial charge in [0, 0.05) is 7.11 Å². The number of carbonyl (C=O) groups excluding carboxylic acids is 1. The first kappa shape index (κ1) is 11.6. The number of aldehydes is 1. The summed E-state index contributed by atoms with van der Waals surface area (Å²) >= 11 is 0. The molecule has 0 aromatic heterocycles. The van der Waals surface area contributed by atoms with Crippen molar-refractivity contribution in [3.63, 3.8) is 0 Å². The van der Waals surface area contributed by atoms with Crippen molar-refractivity contribution in [1.29, 1.82) is 0 Å². The van der Waals surface area contributed by atoms with Gasteiger partial charge in [0.2, 0.25) is 0 Å². The SMILES string of the molecule is CO.NC(C=O)C1CCCCC1. The third-order valence-corrected chi connectivity index (χ3v) is 2.35. The smallest absolute Gasteiger partial charge is 0.136 e. The van der Waals surface area contributed by atoms with Gasteiger partial charge in [0.05, 0.1) is 6.04 Å². The average Bonchev–Trinajstić information content (AvgIpc) is 2.21. The maximum atomic E-state index is 10.3. The van der Waals surface area contributed by atoms with Gasteiger partial charge in [-0.2, -0.15) is 0 Å². The lowest BCUT2D eigenvalue weighted by atomic mass is 9.85. The number of nitrogens with two attached hydrogens (primary N) is 1. The van der Waals surface area contributed by atoms with Crippen molar-refractivity contribution in [1.82, 2.24) is 0 Å². The molecule has 1 saturated carbocycles. The summed E-state index contributed by atoms with van der Waals surface area (Å²) in [6, 6.07) is -0.194. The molecule has 1 atom stereocenters. The normalized spacial score (nSPS) is 20.6. The highest BCUT2D eigenvalue weighted by Gasteiger charge is 2.19. The quantitative estimate of drug-likeness (QED) is 0.604. The number of carbonyl (C=O) groups is 1. The van der Waals surface area contributed by atoms with Gasteiger partial charge in [-0.25, -0.2) is 0 Å². The molecule has 3 nitrogen and oxygen atoms in total. The third kappa shape index (κ3) is 3.83. The molecule has 0 aromatic carbocycles. The van der Waals surface area contributed by atoms with Crippen LogP contribution in [0.4, 0.5) is 0 Å². The Kier molecular flexibility index (Phi) is 7.00. The maximum absolute atomic E-state index is 10.3. The standard InChI is InChI=1S/C8H15NO.CH4O/c9-8(6-10)7-4-2-1-3-5-7;1-2/h6-8H,1-5,9H2;2H,1H3. The lowest BCUT2D eigenvalue weighted by molar-refractivity contribution is -0.110. The van der Waals surface area contributed by atoms with Gasteiger partial charge in [0.25, 0.3) is 0 Å². The van der Waals surface area contributed by atoms with E-state index in [1.165, 1.54) is 19.3 Å². The minimum Gasteiger partial charge on any atom is -0.400 e. The van der Waals surface area contributed by atoms with Crippen LogP contribution in [0.25, 0.3) is 0 Å². The number of hydrogen-bond donors (Lipinski definition) is 2. The molecular weight excluding hydrogens is 154 g/mol. The number of aliphatic hydroxyl groups is 1. The third-order valence-electron chi connectivity index (χ3n) is 2.35. The molecule has 0 aromatic rings. The molecule has 0 saturated heterocycles. The summed E-state index contributed by atoms with van der Waals surface area (Å²) < 4.78 is 0. The van der Waals surface area contributed by atoms with Crippen molar-refractivity contribution in [3.05, 3.63) is 0 Å². The Morgan fingerprint density at radius 1 is 1.33 bits per heavy atom. The van der Waals surface area contributed by atoms with Crippen LogP contribution in [0, 0.1) is 5.92 Å². The van der Waals surface area contributed by atoms with E-state index in [2.05, 4.69) is 0 Å². The van der Waals surface area contributed by atoms with Gasteiger partial charge in [-0.15, -0.1) is 0 Å². The highest BCUT2D eigenvalue weighted by atomic mass is 16.2. The molecule has 0 aliphatic heterocycles. The van der Waals surface area contributed by atoms with Crippen LogP contribution in [0.3, 0.4) is 0 Å². The van der Waals surface area contributed by atoms with E-state index < -0.39 is 0 Å². The highest BCUT2D eigenvalue weighted by Crippen LogP contribution is 2.24. The second-order valence-corrected chi connectivity index (χ2v) is 3.11. The van der Waals surface area contributed by atoms with Crippen LogP contribution in [0.1, 0.15) is 32.1 Å². The first-order valence-corrected chi connectivity index (χ1v) is 4.50. The van der Waals surface area contributed by atoms with Crippen LogP contribution in [-0.4, -0.2) is 24.5 Å². The Bertz CT molecular complexity index is 111. The lowest BCUT2D eigenvalue weighted by Crippen LogP contribution is -2.32. The van der Waals surface area contributed by atoms with Gasteiger partial charge in [0.1, 0.15) is 6.29 Å². The molecule has 0 amide bonds. The van der Waals surface area contributed by atoms with Crippen LogP contribution in [0.5, 0.6) is 0 Å². The van der Waals surface area contributed by atoms with Gasteiger partial charge < -0.3 is 15.6 Å². The van der Waals surface area contributed by atoms with Gasteiger partial charge in [-0.3, -0.25) is 0 Å². The van der Waals surface area contributed by atoms with E-state index in [-0.39, 0.29) is 6.04 Å². The van der Waals surface area contributed by atoms with Crippen molar-refractivity contribution in [2.24, 2.45) is 11.7 Å². The highest BCUT2D eigenvalue weighted by molar-refractivity contribution is 5.57. The molecule has 72 valence electrons. The van der Waals surface area contributed by atoms with Crippen molar-refractivity contribution in [2.75, 3.05) is 7.11 Å². The Morgan fingerprint density at radius 3 is 2.25 bits per heavy atom. The zero-order chi connectivity index (χ0) is 9.40. The Morgan fingerprint density at radius 2 is 1.83 bits per heavy atom. The minimum absolute atomic E-state index is 0.194. The van der Waals surface area contributed by atoms with Gasteiger partial charge in [-0.1, -0.05) is 19.3 Å². The maximum Gasteiger partial charge on any atom is 0.136 e. The molecule has 1 fully saturated rings. The Balaban J connectivity index is 0.000000561. The lowest BCUT2D eigenvalue weighted by Gasteiger charge is -2.23. The van der Waals surface area contributed by atoms with Crippen molar-refractivity contribution in [3.8, 4) is 0 Å². The fourth-order valence-electron chi connectivity index (χ4n) is 1.63. The monoisotopic (exact) mass is 173 g/mol. The van der Waals surface area contributed by atoms with E-state index in [0.29, 0.717) is 5.92 Å². The molecule has 0 radical (unpaired) electrons. The largest absolute Gasteiger partial charge is 0.400 e. The molecule has 1 rings (SSSR count). The zero-order valence-corrected chi connectivity index (χ0v) is 7.70. The molecular formula is C9H19NO2. The number of aliphatic hydroxyl groups excluding tert-OH is 1. The molecule has 1 aliphatic carbocycles. The van der Waals surface area contributed by atoms with Crippen LogP contribution in [0.15, 0.2) is 0 Å². The molecule has 3 N–H and O–H groups in total. The number of hydrogen-bond acceptors (Lipinski definition) is 3. The average molecular weight is 173 g/mol. The second kappa shape index (κ2) is 7.25. The first-order chi connectivity index (χ1) is 5.84. The van der Waals surface area contributed by atoms with Gasteiger partial charge >= 0.3 is 0 Å². The molecule has 1 aliphatic rings. The van der Waals surface area contributed by atoms with Crippen LogP contribution >= 0.6 is 0 Å². The van der Waals surface area contributed by atoms with Crippen LogP contribution in [-0.2, 0) is 4.79 Å². The molecule has 0 heterocycles. The molecule has 1 unspecified atom stereocenters. The predicted octanol–water partition coefficient (Wildman–Crippen LogP) is 0.701. The van der Waals surface area contributed by atoms with Crippen LogP contribution < -0.4 is 5.73 Å². The van der Waals surface area contributed by atoms with Crippen molar-refractivity contribution in [2.45, 2.75) is 38.1 Å². The van der Waals surface area contributed by atoms with Gasteiger partial charge in [-0.05, 0) is 18.8 Å². The zero-order valence-electron chi connectivity index (χ0n) is 7.70. The van der Waals surface area contributed by atoms with Crippen molar-refractivity contribution < 1.29 is 9.90 Å². The topological polar surface area (TPSA) is 63.3 Å². The summed E-state index contributed by atoms with van der Waals surface area (Å²) in [6.07, 6.45) is 7.02. The molecule has 0 bridgehead atoms. The summed E-state index contributed by atoms with van der Waals surface area (Å²) in [5, 5.41) is 7.00. The summed E-state index contributed by atoms with van der Waals surface area (Å²) in [6.45, 7) is 0. The van der Waals surface area contributed by atoms with E-state index in [1.807, 2.05) is 0 Å². The summed E-state index contributed by atoms with van der Waals surface area (Å²) in [7, 11) is 1.00. The van der Waals surface area contributed by atoms with E-state index >= 15 is 0 Å². The second-order valence-electron chi connectivity index (χ2n) is 3.11. The molecule has 12 heavy (non-hydrogen) atoms. The Hall–Kier alpha value is -0.410. The number of rotatable bonds is 2. The summed E-state index contributed by atoms with van der Waals surface area (Å²) in [5.74, 6) is 0.478. The van der Waals surface area contributed by atoms with Crippen LogP contribution in [0.2, 0.25) is 0 Å². The summed E-state index contributed by atoms with van der Waals surface area (Å²) in [5.41, 5.74) is 5.58. The van der Waals surface area contributed by atoms with Gasteiger partial charge in [0.15, 0.2) is 0 Å². The summed E-state index contributed by atoms with van der Waals surface area (Å²) in [4.78, 5) is 10.3. The molecule has 0 spiro atoms. The molecule has 3 heteroatoms. The Labute approximate surface area is 74.0 Å².